The smallest absolute Gasteiger partial charge is 0.339 e. The minimum Gasteiger partial charge on any atom is -0.478 e. The van der Waals surface area contributed by atoms with Gasteiger partial charge < -0.3 is 9.84 Å². The number of carbonyl (C=O) groups is 1. The van der Waals surface area contributed by atoms with Crippen LogP contribution in [0.2, 0.25) is 0 Å². The molecule has 0 aliphatic rings. The molecular weight excluding hydrogens is 270 g/mol. The van der Waals surface area contributed by atoms with Crippen LogP contribution >= 0.6 is 0 Å². The molecule has 21 heavy (non-hydrogen) atoms. The second kappa shape index (κ2) is 5.59. The lowest BCUT2D eigenvalue weighted by Crippen LogP contribution is -2.05. The minimum atomic E-state index is -1.08. The quantitative estimate of drug-likeness (QED) is 0.930. The van der Waals surface area contributed by atoms with Crippen LogP contribution in [-0.2, 0) is 0 Å². The molecule has 1 aromatic heterocycles. The summed E-state index contributed by atoms with van der Waals surface area (Å²) in [5, 5.41) is 17.9. The number of ether oxygens (including phenoxy) is 1. The van der Waals surface area contributed by atoms with Gasteiger partial charge in [-0.1, -0.05) is 0 Å². The van der Waals surface area contributed by atoms with Gasteiger partial charge in [0.2, 0.25) is 0 Å². The zero-order valence-electron chi connectivity index (χ0n) is 11.8. The van der Waals surface area contributed by atoms with Crippen molar-refractivity contribution >= 4 is 5.97 Å². The maximum Gasteiger partial charge on any atom is 0.339 e. The maximum atomic E-state index is 10.9. The maximum absolute atomic E-state index is 10.9. The van der Waals surface area contributed by atoms with E-state index in [-0.39, 0.29) is 11.6 Å². The van der Waals surface area contributed by atoms with Gasteiger partial charge >= 0.3 is 12.0 Å². The molecule has 106 valence electrons. The number of nitriles is 1. The van der Waals surface area contributed by atoms with E-state index >= 15 is 0 Å². The number of benzene rings is 1. The van der Waals surface area contributed by atoms with Crippen LogP contribution in [0.3, 0.4) is 0 Å². The molecule has 0 aliphatic carbocycles. The summed E-state index contributed by atoms with van der Waals surface area (Å²) >= 11 is 0. The summed E-state index contributed by atoms with van der Waals surface area (Å²) in [6.45, 7) is 5.22. The van der Waals surface area contributed by atoms with Gasteiger partial charge in [0, 0.05) is 6.20 Å². The van der Waals surface area contributed by atoms with Crippen molar-refractivity contribution in [2.24, 2.45) is 0 Å². The monoisotopic (exact) mass is 283 g/mol. The molecular formula is C15H13N3O3. The Morgan fingerprint density at radius 1 is 1.29 bits per heavy atom. The van der Waals surface area contributed by atoms with E-state index in [0.717, 1.165) is 11.1 Å². The van der Waals surface area contributed by atoms with Gasteiger partial charge in [0.15, 0.2) is 0 Å². The van der Waals surface area contributed by atoms with Crippen LogP contribution < -0.4 is 4.74 Å². The van der Waals surface area contributed by atoms with Crippen molar-refractivity contribution in [3.05, 3.63) is 46.3 Å². The molecule has 0 atom stereocenters. The fraction of sp³-hybridized carbons (Fsp3) is 0.200. The molecule has 6 heteroatoms. The number of aromatic carboxylic acids is 1. The molecule has 0 spiro atoms. The van der Waals surface area contributed by atoms with Gasteiger partial charge in [-0.25, -0.2) is 9.78 Å². The molecule has 1 heterocycles. The number of carboxylic acid groups (broad SMARTS) is 1. The summed E-state index contributed by atoms with van der Waals surface area (Å²) in [5.74, 6) is -0.513. The lowest BCUT2D eigenvalue weighted by molar-refractivity contribution is 0.0695. The Kier molecular flexibility index (Phi) is 3.85. The fourth-order valence-corrected chi connectivity index (χ4v) is 1.97. The molecule has 1 N–H and O–H groups in total. The van der Waals surface area contributed by atoms with Crippen molar-refractivity contribution in [1.82, 2.24) is 9.97 Å². The van der Waals surface area contributed by atoms with E-state index in [1.54, 1.807) is 19.1 Å². The molecule has 0 amide bonds. The van der Waals surface area contributed by atoms with Gasteiger partial charge in [0.25, 0.3) is 0 Å². The highest BCUT2D eigenvalue weighted by Crippen LogP contribution is 2.28. The summed E-state index contributed by atoms with van der Waals surface area (Å²) in [7, 11) is 0. The highest BCUT2D eigenvalue weighted by Gasteiger charge is 2.13. The Morgan fingerprint density at radius 3 is 2.38 bits per heavy atom. The fourth-order valence-electron chi connectivity index (χ4n) is 1.97. The van der Waals surface area contributed by atoms with Crippen LogP contribution in [0.15, 0.2) is 18.3 Å². The topological polar surface area (TPSA) is 96.1 Å². The first-order valence-corrected chi connectivity index (χ1v) is 6.18. The minimum absolute atomic E-state index is 0.0376. The zero-order valence-corrected chi connectivity index (χ0v) is 11.8. The van der Waals surface area contributed by atoms with E-state index in [0.29, 0.717) is 17.0 Å². The number of rotatable bonds is 3. The average Bonchev–Trinajstić information content (AvgIpc) is 2.42. The van der Waals surface area contributed by atoms with E-state index in [4.69, 9.17) is 15.1 Å². The summed E-state index contributed by atoms with van der Waals surface area (Å²) in [6, 6.07) is 5.57. The van der Waals surface area contributed by atoms with Gasteiger partial charge in [0.05, 0.1) is 22.9 Å². The Morgan fingerprint density at radius 2 is 1.90 bits per heavy atom. The van der Waals surface area contributed by atoms with Crippen LogP contribution in [0.1, 0.15) is 32.7 Å². The number of aryl methyl sites for hydroxylation is 3. The first kappa shape index (κ1) is 14.5. The molecule has 1 aromatic carbocycles. The highest BCUT2D eigenvalue weighted by molar-refractivity contribution is 5.88. The molecule has 0 bridgehead atoms. The third kappa shape index (κ3) is 2.98. The molecule has 0 fully saturated rings. The first-order chi connectivity index (χ1) is 9.92. The second-order valence-electron chi connectivity index (χ2n) is 4.61. The van der Waals surface area contributed by atoms with Crippen LogP contribution in [0.25, 0.3) is 0 Å². The molecule has 2 aromatic rings. The van der Waals surface area contributed by atoms with Crippen molar-refractivity contribution in [3.8, 4) is 17.8 Å². The van der Waals surface area contributed by atoms with Gasteiger partial charge in [-0.15, -0.1) is 0 Å². The Labute approximate surface area is 121 Å². The zero-order chi connectivity index (χ0) is 15.6. The van der Waals surface area contributed by atoms with Crippen LogP contribution in [0.4, 0.5) is 0 Å². The van der Waals surface area contributed by atoms with Crippen LogP contribution in [-0.4, -0.2) is 21.0 Å². The Bertz CT molecular complexity index is 740. The number of nitrogens with zero attached hydrogens (tertiary/aromatic N) is 3. The van der Waals surface area contributed by atoms with Gasteiger partial charge in [-0.2, -0.15) is 10.2 Å². The van der Waals surface area contributed by atoms with Crippen molar-refractivity contribution in [2.75, 3.05) is 0 Å². The van der Waals surface area contributed by atoms with Crippen molar-refractivity contribution in [1.29, 1.82) is 5.26 Å². The molecule has 2 rings (SSSR count). The predicted octanol–water partition coefficient (Wildman–Crippen LogP) is 2.76. The molecule has 0 unspecified atom stereocenters. The van der Waals surface area contributed by atoms with Gasteiger partial charge in [-0.05, 0) is 44.0 Å². The van der Waals surface area contributed by atoms with E-state index in [2.05, 4.69) is 16.0 Å². The standard InChI is InChI=1S/C15H13N3O3/c1-8-4-11(6-16)5-9(2)13(8)21-15-17-7-12(14(19)20)10(3)18-15/h4-5,7H,1-3H3,(H,19,20). The third-order valence-corrected chi connectivity index (χ3v) is 2.97. The Balaban J connectivity index is 2.37. The summed E-state index contributed by atoms with van der Waals surface area (Å²) in [5.41, 5.74) is 2.49. The van der Waals surface area contributed by atoms with Crippen molar-refractivity contribution < 1.29 is 14.6 Å². The van der Waals surface area contributed by atoms with E-state index in [1.807, 2.05) is 13.8 Å². The summed E-state index contributed by atoms with van der Waals surface area (Å²) < 4.78 is 5.63. The molecule has 0 saturated carbocycles. The normalized spacial score (nSPS) is 10.0. The van der Waals surface area contributed by atoms with Crippen molar-refractivity contribution in [2.45, 2.75) is 20.8 Å². The number of carboxylic acids is 1. The van der Waals surface area contributed by atoms with E-state index < -0.39 is 5.97 Å². The highest BCUT2D eigenvalue weighted by atomic mass is 16.5. The van der Waals surface area contributed by atoms with Gasteiger partial charge in [-0.3, -0.25) is 0 Å². The largest absolute Gasteiger partial charge is 0.478 e. The second-order valence-corrected chi connectivity index (χ2v) is 4.61. The van der Waals surface area contributed by atoms with E-state index in [1.165, 1.54) is 6.20 Å². The lowest BCUT2D eigenvalue weighted by Gasteiger charge is -2.11. The van der Waals surface area contributed by atoms with E-state index in [9.17, 15) is 4.79 Å². The molecule has 0 aliphatic heterocycles. The average molecular weight is 283 g/mol. The molecule has 6 nitrogen and oxygen atoms in total. The number of aromatic nitrogens is 2. The predicted molar refractivity (Wildman–Crippen MR) is 74.4 cm³/mol. The van der Waals surface area contributed by atoms with Crippen molar-refractivity contribution in [3.63, 3.8) is 0 Å². The number of hydrogen-bond acceptors (Lipinski definition) is 5. The molecule has 0 radical (unpaired) electrons. The van der Waals surface area contributed by atoms with Gasteiger partial charge in [0.1, 0.15) is 5.75 Å². The van der Waals surface area contributed by atoms with Crippen LogP contribution in [0.5, 0.6) is 11.8 Å². The lowest BCUT2D eigenvalue weighted by atomic mass is 10.1. The number of hydrogen-bond donors (Lipinski definition) is 1. The van der Waals surface area contributed by atoms with Crippen LogP contribution in [0, 0.1) is 32.1 Å². The third-order valence-electron chi connectivity index (χ3n) is 2.97. The first-order valence-electron chi connectivity index (χ1n) is 6.18. The summed E-state index contributed by atoms with van der Waals surface area (Å²) in [4.78, 5) is 18.9. The SMILES string of the molecule is Cc1cc(C#N)cc(C)c1Oc1ncc(C(=O)O)c(C)n1. The Hall–Kier alpha value is -2.94. The molecule has 0 saturated heterocycles. The summed E-state index contributed by atoms with van der Waals surface area (Å²) in [6.07, 6.45) is 1.22.